The summed E-state index contributed by atoms with van der Waals surface area (Å²) in [7, 11) is 1.52. The fraction of sp³-hybridized carbons (Fsp3) is 0.800. The maximum absolute atomic E-state index is 12.1. The second kappa shape index (κ2) is 7.08. The highest BCUT2D eigenvalue weighted by molar-refractivity contribution is 6.05. The molecule has 0 radical (unpaired) electrons. The number of aliphatic hydroxyl groups is 1. The van der Waals surface area contributed by atoms with Crippen molar-refractivity contribution in [2.75, 3.05) is 33.4 Å². The molecule has 0 unspecified atom stereocenters. The molecule has 0 saturated heterocycles. The summed E-state index contributed by atoms with van der Waals surface area (Å²) < 4.78 is 4.88. The molecule has 0 aliphatic carbocycles. The smallest absolute Gasteiger partial charge is 0.236 e. The predicted molar refractivity (Wildman–Crippen MR) is 62.7 cm³/mol. The van der Waals surface area contributed by atoms with E-state index in [1.54, 1.807) is 13.8 Å². The minimum Gasteiger partial charge on any atom is -0.409 e. The van der Waals surface area contributed by atoms with Crippen molar-refractivity contribution < 1.29 is 19.8 Å². The van der Waals surface area contributed by atoms with E-state index in [1.165, 1.54) is 12.0 Å². The van der Waals surface area contributed by atoms with Gasteiger partial charge in [0.2, 0.25) is 5.91 Å². The maximum atomic E-state index is 12.1. The first kappa shape index (κ1) is 15.7. The summed E-state index contributed by atoms with van der Waals surface area (Å²) in [5.41, 5.74) is 4.36. The van der Waals surface area contributed by atoms with Crippen LogP contribution in [0.2, 0.25) is 0 Å². The Kier molecular flexibility index (Phi) is 6.52. The molecule has 4 N–H and O–H groups in total. The highest BCUT2D eigenvalue weighted by Gasteiger charge is 2.36. The number of amidine groups is 1. The van der Waals surface area contributed by atoms with Crippen LogP contribution < -0.4 is 5.73 Å². The van der Waals surface area contributed by atoms with Crippen molar-refractivity contribution in [1.82, 2.24) is 4.90 Å². The van der Waals surface area contributed by atoms with Gasteiger partial charge in [-0.3, -0.25) is 4.79 Å². The lowest BCUT2D eigenvalue weighted by molar-refractivity contribution is -0.138. The van der Waals surface area contributed by atoms with E-state index in [0.717, 1.165) is 0 Å². The number of nitrogens with two attached hydrogens (primary N) is 1. The molecular weight excluding hydrogens is 226 g/mol. The van der Waals surface area contributed by atoms with Gasteiger partial charge in [-0.2, -0.15) is 0 Å². The van der Waals surface area contributed by atoms with E-state index >= 15 is 0 Å². The van der Waals surface area contributed by atoms with E-state index in [-0.39, 0.29) is 24.9 Å². The molecular formula is C10H21N3O4. The number of aliphatic hydroxyl groups excluding tert-OH is 1. The summed E-state index contributed by atoms with van der Waals surface area (Å²) in [4.78, 5) is 13.6. The number of methoxy groups -OCH3 is 1. The van der Waals surface area contributed by atoms with Crippen LogP contribution in [0.25, 0.3) is 0 Å². The topological polar surface area (TPSA) is 108 Å². The quantitative estimate of drug-likeness (QED) is 0.237. The number of rotatable bonds is 7. The van der Waals surface area contributed by atoms with Gasteiger partial charge in [0.05, 0.1) is 13.2 Å². The Morgan fingerprint density at radius 3 is 2.47 bits per heavy atom. The van der Waals surface area contributed by atoms with Crippen molar-refractivity contribution in [2.45, 2.75) is 13.8 Å². The van der Waals surface area contributed by atoms with Crippen molar-refractivity contribution in [3.63, 3.8) is 0 Å². The van der Waals surface area contributed by atoms with E-state index in [1.807, 2.05) is 0 Å². The first-order valence-corrected chi connectivity index (χ1v) is 5.29. The van der Waals surface area contributed by atoms with Gasteiger partial charge in [0, 0.05) is 20.2 Å². The van der Waals surface area contributed by atoms with Gasteiger partial charge in [-0.1, -0.05) is 5.16 Å². The number of carbonyl (C=O) groups excluding carboxylic acids is 1. The lowest BCUT2D eigenvalue weighted by Gasteiger charge is -2.30. The van der Waals surface area contributed by atoms with Gasteiger partial charge in [0.1, 0.15) is 5.41 Å². The number of oxime groups is 1. The zero-order chi connectivity index (χ0) is 13.5. The standard InChI is InChI=1S/C10H21N3O4/c1-10(2,8(11)12-16)9(15)13(4-6-14)5-7-17-3/h14,16H,4-7H2,1-3H3,(H2,11,12). The second-order valence-corrected chi connectivity index (χ2v) is 4.12. The third-order valence-electron chi connectivity index (χ3n) is 2.51. The Morgan fingerprint density at radius 1 is 1.47 bits per heavy atom. The van der Waals surface area contributed by atoms with Crippen molar-refractivity contribution in [1.29, 1.82) is 0 Å². The minimum absolute atomic E-state index is 0.151. The number of nitrogens with zero attached hydrogens (tertiary/aromatic N) is 2. The zero-order valence-corrected chi connectivity index (χ0v) is 10.5. The van der Waals surface area contributed by atoms with Gasteiger partial charge >= 0.3 is 0 Å². The third kappa shape index (κ3) is 4.20. The molecule has 0 bridgehead atoms. The van der Waals surface area contributed by atoms with Crippen LogP contribution in [0.5, 0.6) is 0 Å². The van der Waals surface area contributed by atoms with Gasteiger partial charge in [-0.05, 0) is 13.8 Å². The number of hydrogen-bond acceptors (Lipinski definition) is 5. The summed E-state index contributed by atoms with van der Waals surface area (Å²) in [6.45, 7) is 3.85. The van der Waals surface area contributed by atoms with E-state index in [9.17, 15) is 4.79 Å². The average molecular weight is 247 g/mol. The van der Waals surface area contributed by atoms with Gasteiger partial charge < -0.3 is 25.7 Å². The largest absolute Gasteiger partial charge is 0.409 e. The van der Waals surface area contributed by atoms with E-state index < -0.39 is 5.41 Å². The molecule has 0 aliphatic rings. The summed E-state index contributed by atoms with van der Waals surface area (Å²) in [6, 6.07) is 0. The zero-order valence-electron chi connectivity index (χ0n) is 10.5. The van der Waals surface area contributed by atoms with E-state index in [4.69, 9.17) is 20.8 Å². The normalized spacial score (nSPS) is 12.6. The summed E-state index contributed by atoms with van der Waals surface area (Å²) in [6.07, 6.45) is 0. The van der Waals surface area contributed by atoms with E-state index in [2.05, 4.69) is 5.16 Å². The highest BCUT2D eigenvalue weighted by Crippen LogP contribution is 2.19. The number of carbonyl (C=O) groups is 1. The lowest BCUT2D eigenvalue weighted by atomic mass is 9.90. The lowest BCUT2D eigenvalue weighted by Crippen LogP contribution is -2.49. The van der Waals surface area contributed by atoms with Crippen LogP contribution in [0.3, 0.4) is 0 Å². The van der Waals surface area contributed by atoms with Crippen LogP contribution in [0, 0.1) is 5.41 Å². The van der Waals surface area contributed by atoms with Gasteiger partial charge in [-0.25, -0.2) is 0 Å². The van der Waals surface area contributed by atoms with Crippen molar-refractivity contribution in [3.05, 3.63) is 0 Å². The molecule has 0 saturated carbocycles. The molecule has 100 valence electrons. The molecule has 0 aromatic heterocycles. The number of amides is 1. The van der Waals surface area contributed by atoms with Gasteiger partial charge in [0.15, 0.2) is 5.84 Å². The molecule has 0 aliphatic heterocycles. The Balaban J connectivity index is 4.81. The molecule has 0 spiro atoms. The molecule has 0 fully saturated rings. The molecule has 0 rings (SSSR count). The SMILES string of the molecule is COCCN(CCO)C(=O)C(C)(C)C(N)=NO. The van der Waals surface area contributed by atoms with Crippen LogP contribution in [-0.2, 0) is 9.53 Å². The van der Waals surface area contributed by atoms with Gasteiger partial charge in [0.25, 0.3) is 0 Å². The molecule has 17 heavy (non-hydrogen) atoms. The number of hydrogen-bond donors (Lipinski definition) is 3. The Labute approximate surface area is 101 Å². The van der Waals surface area contributed by atoms with Crippen molar-refractivity contribution in [3.8, 4) is 0 Å². The van der Waals surface area contributed by atoms with E-state index in [0.29, 0.717) is 13.2 Å². The number of ether oxygens (including phenoxy) is 1. The van der Waals surface area contributed by atoms with Crippen LogP contribution in [0.15, 0.2) is 5.16 Å². The molecule has 7 heteroatoms. The first-order valence-electron chi connectivity index (χ1n) is 5.29. The minimum atomic E-state index is -1.11. The summed E-state index contributed by atoms with van der Waals surface area (Å²) in [5, 5.41) is 20.4. The van der Waals surface area contributed by atoms with Crippen LogP contribution in [-0.4, -0.2) is 60.4 Å². The summed E-state index contributed by atoms with van der Waals surface area (Å²) in [5.74, 6) is -0.484. The third-order valence-corrected chi connectivity index (χ3v) is 2.51. The monoisotopic (exact) mass is 247 g/mol. The van der Waals surface area contributed by atoms with Crippen LogP contribution in [0.1, 0.15) is 13.8 Å². The molecule has 0 aromatic rings. The van der Waals surface area contributed by atoms with Gasteiger partial charge in [-0.15, -0.1) is 0 Å². The Morgan fingerprint density at radius 2 is 2.06 bits per heavy atom. The highest BCUT2D eigenvalue weighted by atomic mass is 16.5. The Bertz CT molecular complexity index is 279. The molecule has 7 nitrogen and oxygen atoms in total. The molecule has 1 amide bonds. The average Bonchev–Trinajstić information content (AvgIpc) is 2.32. The fourth-order valence-electron chi connectivity index (χ4n) is 1.27. The summed E-state index contributed by atoms with van der Waals surface area (Å²) >= 11 is 0. The predicted octanol–water partition coefficient (Wildman–Crippen LogP) is -0.774. The molecule has 0 aromatic carbocycles. The second-order valence-electron chi connectivity index (χ2n) is 4.12. The van der Waals surface area contributed by atoms with Crippen molar-refractivity contribution in [2.24, 2.45) is 16.3 Å². The fourth-order valence-corrected chi connectivity index (χ4v) is 1.27. The van der Waals surface area contributed by atoms with Crippen LogP contribution >= 0.6 is 0 Å². The molecule has 0 atom stereocenters. The molecule has 0 heterocycles. The van der Waals surface area contributed by atoms with Crippen LogP contribution in [0.4, 0.5) is 0 Å². The first-order chi connectivity index (χ1) is 7.91. The maximum Gasteiger partial charge on any atom is 0.236 e. The van der Waals surface area contributed by atoms with Crippen molar-refractivity contribution >= 4 is 11.7 Å². The Hall–Kier alpha value is -1.34.